The van der Waals surface area contributed by atoms with Crippen molar-refractivity contribution in [3.05, 3.63) is 39.4 Å². The molecule has 0 fully saturated rings. The molecular weight excluding hydrogens is 351 g/mol. The smallest absolute Gasteiger partial charge is 0.202 e. The summed E-state index contributed by atoms with van der Waals surface area (Å²) in [5.41, 5.74) is 0. The van der Waals surface area contributed by atoms with Gasteiger partial charge in [0.15, 0.2) is 10.3 Å². The molecule has 2 aromatic rings. The molecule has 5 nitrogen and oxygen atoms in total. The Morgan fingerprint density at radius 2 is 1.73 bits per heavy atom. The predicted molar refractivity (Wildman–Crippen MR) is 85.7 cm³/mol. The molecule has 0 unspecified atom stereocenters. The number of hydrogen-bond acceptors (Lipinski definition) is 5. The van der Waals surface area contributed by atoms with Gasteiger partial charge in [0.2, 0.25) is 5.75 Å². The van der Waals surface area contributed by atoms with Gasteiger partial charge < -0.3 is 14.2 Å². The van der Waals surface area contributed by atoms with Gasteiger partial charge in [-0.25, -0.2) is 9.97 Å². The summed E-state index contributed by atoms with van der Waals surface area (Å²) in [6, 6.07) is 4.97. The Labute approximate surface area is 143 Å². The first-order valence-electron chi connectivity index (χ1n) is 6.27. The quantitative estimate of drug-likeness (QED) is 0.711. The van der Waals surface area contributed by atoms with Crippen molar-refractivity contribution in [1.82, 2.24) is 9.97 Å². The van der Waals surface area contributed by atoms with Crippen LogP contribution in [0.5, 0.6) is 17.2 Å². The largest absolute Gasteiger partial charge is 0.497 e. The Hall–Kier alpha value is -1.27. The number of ether oxygens (including phenoxy) is 3. The van der Waals surface area contributed by atoms with Crippen LogP contribution in [0.1, 0.15) is 5.82 Å². The molecule has 1 aromatic heterocycles. The normalized spacial score (nSPS) is 10.6. The van der Waals surface area contributed by atoms with E-state index < -0.39 is 0 Å². The van der Waals surface area contributed by atoms with Gasteiger partial charge in [-0.3, -0.25) is 0 Å². The van der Waals surface area contributed by atoms with Gasteiger partial charge in [0.05, 0.1) is 18.7 Å². The Morgan fingerprint density at radius 1 is 1.05 bits per heavy atom. The lowest BCUT2D eigenvalue weighted by Gasteiger charge is -2.12. The molecule has 2 rings (SSSR count). The molecule has 0 radical (unpaired) electrons. The van der Waals surface area contributed by atoms with Crippen LogP contribution in [-0.4, -0.2) is 30.8 Å². The molecule has 0 spiro atoms. The second-order valence-corrected chi connectivity index (χ2v) is 5.32. The standard InChI is InChI=1S/C14H13Cl3N2O3/c1-20-6-5-11-18-13(16)12(14(17)19-11)22-10-7-8(21-2)3-4-9(10)15/h3-4,7H,5-6H2,1-2H3. The van der Waals surface area contributed by atoms with Crippen LogP contribution >= 0.6 is 34.8 Å². The van der Waals surface area contributed by atoms with Crippen molar-refractivity contribution in [2.75, 3.05) is 20.8 Å². The number of methoxy groups -OCH3 is 2. The Morgan fingerprint density at radius 3 is 2.32 bits per heavy atom. The molecule has 118 valence electrons. The SMILES string of the molecule is COCCc1nc(Cl)c(Oc2cc(OC)ccc2Cl)c(Cl)n1. The number of hydrogen-bond donors (Lipinski definition) is 0. The van der Waals surface area contributed by atoms with E-state index in [1.807, 2.05) is 0 Å². The van der Waals surface area contributed by atoms with Crippen molar-refractivity contribution in [2.45, 2.75) is 6.42 Å². The molecule has 0 aliphatic rings. The fourth-order valence-electron chi connectivity index (χ4n) is 1.63. The molecule has 1 heterocycles. The zero-order valence-electron chi connectivity index (χ0n) is 11.9. The molecule has 0 saturated carbocycles. The van der Waals surface area contributed by atoms with Crippen LogP contribution < -0.4 is 9.47 Å². The maximum Gasteiger partial charge on any atom is 0.202 e. The zero-order valence-corrected chi connectivity index (χ0v) is 14.2. The summed E-state index contributed by atoms with van der Waals surface area (Å²) in [5, 5.41) is 0.589. The minimum Gasteiger partial charge on any atom is -0.497 e. The third-order valence-corrected chi connectivity index (χ3v) is 3.53. The zero-order chi connectivity index (χ0) is 16.1. The van der Waals surface area contributed by atoms with E-state index in [-0.39, 0.29) is 16.1 Å². The molecule has 0 aliphatic carbocycles. The predicted octanol–water partition coefficient (Wildman–Crippen LogP) is 4.43. The van der Waals surface area contributed by atoms with Crippen LogP contribution in [0.2, 0.25) is 15.3 Å². The first-order valence-corrected chi connectivity index (χ1v) is 7.40. The summed E-state index contributed by atoms with van der Waals surface area (Å²) in [5.74, 6) is 1.54. The highest BCUT2D eigenvalue weighted by Crippen LogP contribution is 2.38. The maximum atomic E-state index is 6.11. The van der Waals surface area contributed by atoms with Crippen molar-refractivity contribution in [3.63, 3.8) is 0 Å². The average molecular weight is 364 g/mol. The molecular formula is C14H13Cl3N2O3. The van der Waals surface area contributed by atoms with Crippen LogP contribution in [0.25, 0.3) is 0 Å². The number of aromatic nitrogens is 2. The van der Waals surface area contributed by atoms with Crippen molar-refractivity contribution >= 4 is 34.8 Å². The number of nitrogens with zero attached hydrogens (tertiary/aromatic N) is 2. The van der Waals surface area contributed by atoms with E-state index in [0.717, 1.165) is 0 Å². The van der Waals surface area contributed by atoms with Gasteiger partial charge in [0.1, 0.15) is 17.3 Å². The minimum atomic E-state index is 0.102. The lowest BCUT2D eigenvalue weighted by atomic mass is 10.3. The first kappa shape index (κ1) is 17.1. The monoisotopic (exact) mass is 362 g/mol. The van der Waals surface area contributed by atoms with E-state index >= 15 is 0 Å². The fraction of sp³-hybridized carbons (Fsp3) is 0.286. The van der Waals surface area contributed by atoms with Crippen LogP contribution in [0, 0.1) is 0 Å². The van der Waals surface area contributed by atoms with Crippen LogP contribution in [-0.2, 0) is 11.2 Å². The van der Waals surface area contributed by atoms with E-state index in [9.17, 15) is 0 Å². The van der Waals surface area contributed by atoms with Gasteiger partial charge in [-0.2, -0.15) is 0 Å². The summed E-state index contributed by atoms with van der Waals surface area (Å²) in [7, 11) is 3.13. The molecule has 0 atom stereocenters. The van der Waals surface area contributed by atoms with E-state index in [1.165, 1.54) is 0 Å². The van der Waals surface area contributed by atoms with Gasteiger partial charge in [-0.15, -0.1) is 0 Å². The Kier molecular flexibility index (Phi) is 6.08. The van der Waals surface area contributed by atoms with Crippen LogP contribution in [0.3, 0.4) is 0 Å². The molecule has 1 aromatic carbocycles. The fourth-order valence-corrected chi connectivity index (χ4v) is 2.28. The van der Waals surface area contributed by atoms with Gasteiger partial charge in [-0.1, -0.05) is 34.8 Å². The van der Waals surface area contributed by atoms with E-state index in [4.69, 9.17) is 49.0 Å². The lowest BCUT2D eigenvalue weighted by molar-refractivity contribution is 0.200. The Bertz CT molecular complexity index is 645. The van der Waals surface area contributed by atoms with Crippen molar-refractivity contribution in [2.24, 2.45) is 0 Å². The first-order chi connectivity index (χ1) is 10.5. The third-order valence-electron chi connectivity index (χ3n) is 2.71. The highest BCUT2D eigenvalue weighted by Gasteiger charge is 2.16. The van der Waals surface area contributed by atoms with Crippen LogP contribution in [0.15, 0.2) is 18.2 Å². The van der Waals surface area contributed by atoms with E-state index in [2.05, 4.69) is 9.97 Å². The molecule has 0 saturated heterocycles. The van der Waals surface area contributed by atoms with Gasteiger partial charge in [0, 0.05) is 19.6 Å². The number of rotatable bonds is 6. The second-order valence-electron chi connectivity index (χ2n) is 4.19. The van der Waals surface area contributed by atoms with E-state index in [0.29, 0.717) is 35.4 Å². The summed E-state index contributed by atoms with van der Waals surface area (Å²) in [6.45, 7) is 0.467. The molecule has 0 amide bonds. The number of benzene rings is 1. The summed E-state index contributed by atoms with van der Waals surface area (Å²) < 4.78 is 15.7. The Balaban J connectivity index is 2.30. The minimum absolute atomic E-state index is 0.102. The topological polar surface area (TPSA) is 53.5 Å². The molecule has 0 aliphatic heterocycles. The molecule has 8 heteroatoms. The molecule has 0 bridgehead atoms. The molecule has 22 heavy (non-hydrogen) atoms. The summed E-state index contributed by atoms with van der Waals surface area (Å²) in [6.07, 6.45) is 0.496. The third kappa shape index (κ3) is 4.14. The average Bonchev–Trinajstić information content (AvgIpc) is 2.50. The van der Waals surface area contributed by atoms with Crippen molar-refractivity contribution < 1.29 is 14.2 Å². The summed E-state index contributed by atoms with van der Waals surface area (Å²) in [4.78, 5) is 8.26. The van der Waals surface area contributed by atoms with Gasteiger partial charge >= 0.3 is 0 Å². The van der Waals surface area contributed by atoms with Crippen molar-refractivity contribution in [1.29, 1.82) is 0 Å². The lowest BCUT2D eigenvalue weighted by Crippen LogP contribution is -2.03. The summed E-state index contributed by atoms with van der Waals surface area (Å²) >= 11 is 18.3. The maximum absolute atomic E-state index is 6.11. The van der Waals surface area contributed by atoms with Gasteiger partial charge in [-0.05, 0) is 12.1 Å². The van der Waals surface area contributed by atoms with Crippen molar-refractivity contribution in [3.8, 4) is 17.2 Å². The van der Waals surface area contributed by atoms with E-state index in [1.54, 1.807) is 32.4 Å². The second kappa shape index (κ2) is 7.83. The van der Waals surface area contributed by atoms with Gasteiger partial charge in [0.25, 0.3) is 0 Å². The molecule has 0 N–H and O–H groups in total. The number of halogens is 3. The highest BCUT2D eigenvalue weighted by atomic mass is 35.5. The van der Waals surface area contributed by atoms with Crippen LogP contribution in [0.4, 0.5) is 0 Å². The highest BCUT2D eigenvalue weighted by molar-refractivity contribution is 6.36.